The monoisotopic (exact) mass is 315 g/mol. The number of imidazole rings is 1. The molecule has 0 aliphatic carbocycles. The van der Waals surface area contributed by atoms with Gasteiger partial charge in [0.05, 0.1) is 6.42 Å². The summed E-state index contributed by atoms with van der Waals surface area (Å²) in [6.07, 6.45) is 1.77. The van der Waals surface area contributed by atoms with Crippen LogP contribution in [0.4, 0.5) is 0 Å². The zero-order valence-electron chi connectivity index (χ0n) is 12.0. The smallest absolute Gasteiger partial charge is 0.305 e. The fourth-order valence-electron chi connectivity index (χ4n) is 2.35. The van der Waals surface area contributed by atoms with Gasteiger partial charge in [-0.3, -0.25) is 4.79 Å². The number of fused-ring (bicyclic) bond motifs is 1. The van der Waals surface area contributed by atoms with Crippen LogP contribution in [0.5, 0.6) is 0 Å². The third-order valence-electron chi connectivity index (χ3n) is 3.37. The number of nitrogens with zero attached hydrogens (tertiary/aromatic N) is 3. The maximum Gasteiger partial charge on any atom is 0.305 e. The van der Waals surface area contributed by atoms with Crippen molar-refractivity contribution in [3.63, 3.8) is 0 Å². The van der Waals surface area contributed by atoms with Crippen molar-refractivity contribution in [2.24, 2.45) is 0 Å². The van der Waals surface area contributed by atoms with Crippen molar-refractivity contribution in [1.82, 2.24) is 14.5 Å². The van der Waals surface area contributed by atoms with E-state index in [4.69, 9.17) is 16.7 Å². The van der Waals surface area contributed by atoms with Gasteiger partial charge in [-0.1, -0.05) is 11.6 Å². The van der Waals surface area contributed by atoms with Crippen LogP contribution in [0.25, 0.3) is 22.6 Å². The van der Waals surface area contributed by atoms with Gasteiger partial charge >= 0.3 is 5.97 Å². The van der Waals surface area contributed by atoms with Gasteiger partial charge in [0.2, 0.25) is 0 Å². The molecule has 2 heterocycles. The molecule has 6 heteroatoms. The number of aryl methyl sites for hydroxylation is 2. The summed E-state index contributed by atoms with van der Waals surface area (Å²) in [6, 6.07) is 9.26. The SMILES string of the molecule is Cc1cnc2c(c1)nc(-c1ccc(Cl)cc1)n2CCC(=O)O. The van der Waals surface area contributed by atoms with E-state index in [0.717, 1.165) is 16.6 Å². The maximum absolute atomic E-state index is 10.9. The molecule has 0 unspecified atom stereocenters. The second kappa shape index (κ2) is 5.77. The van der Waals surface area contributed by atoms with Crippen LogP contribution in [0.1, 0.15) is 12.0 Å². The Morgan fingerprint density at radius 1 is 1.32 bits per heavy atom. The minimum absolute atomic E-state index is 0.0155. The van der Waals surface area contributed by atoms with Crippen molar-refractivity contribution in [1.29, 1.82) is 0 Å². The number of carboxylic acids is 1. The summed E-state index contributed by atoms with van der Waals surface area (Å²) in [6.45, 7) is 2.27. The van der Waals surface area contributed by atoms with Crippen LogP contribution in [0.15, 0.2) is 36.5 Å². The van der Waals surface area contributed by atoms with Crippen LogP contribution in [0.2, 0.25) is 5.02 Å². The normalized spacial score (nSPS) is 11.0. The molecule has 0 saturated heterocycles. The highest BCUT2D eigenvalue weighted by molar-refractivity contribution is 6.30. The highest BCUT2D eigenvalue weighted by atomic mass is 35.5. The quantitative estimate of drug-likeness (QED) is 0.799. The first-order valence-electron chi connectivity index (χ1n) is 6.85. The minimum Gasteiger partial charge on any atom is -0.481 e. The first-order valence-corrected chi connectivity index (χ1v) is 7.23. The number of hydrogen-bond donors (Lipinski definition) is 1. The van der Waals surface area contributed by atoms with Gasteiger partial charge < -0.3 is 9.67 Å². The molecule has 0 amide bonds. The fourth-order valence-corrected chi connectivity index (χ4v) is 2.48. The summed E-state index contributed by atoms with van der Waals surface area (Å²) in [5.41, 5.74) is 3.34. The lowest BCUT2D eigenvalue weighted by atomic mass is 10.2. The third kappa shape index (κ3) is 2.80. The summed E-state index contributed by atoms with van der Waals surface area (Å²) in [4.78, 5) is 19.9. The Morgan fingerprint density at radius 2 is 2.05 bits per heavy atom. The summed E-state index contributed by atoms with van der Waals surface area (Å²) in [7, 11) is 0. The molecule has 0 radical (unpaired) electrons. The van der Waals surface area contributed by atoms with Gasteiger partial charge in [-0.2, -0.15) is 0 Å². The van der Waals surface area contributed by atoms with E-state index in [1.807, 2.05) is 29.7 Å². The molecule has 5 nitrogen and oxygen atoms in total. The van der Waals surface area contributed by atoms with E-state index >= 15 is 0 Å². The van der Waals surface area contributed by atoms with Crippen molar-refractivity contribution in [2.75, 3.05) is 0 Å². The second-order valence-electron chi connectivity index (χ2n) is 5.09. The van der Waals surface area contributed by atoms with Crippen LogP contribution in [-0.2, 0) is 11.3 Å². The number of halogens is 1. The van der Waals surface area contributed by atoms with Crippen molar-refractivity contribution < 1.29 is 9.90 Å². The average Bonchev–Trinajstić information content (AvgIpc) is 2.83. The van der Waals surface area contributed by atoms with E-state index in [1.165, 1.54) is 0 Å². The molecule has 3 aromatic rings. The predicted octanol–water partition coefficient (Wildman–Crippen LogP) is 3.53. The Kier molecular flexibility index (Phi) is 3.81. The van der Waals surface area contributed by atoms with E-state index in [2.05, 4.69) is 9.97 Å². The first kappa shape index (κ1) is 14.5. The van der Waals surface area contributed by atoms with Gasteiger partial charge in [-0.15, -0.1) is 0 Å². The molecule has 1 aromatic carbocycles. The molecule has 0 spiro atoms. The van der Waals surface area contributed by atoms with Crippen LogP contribution in [-0.4, -0.2) is 25.6 Å². The Bertz CT molecular complexity index is 840. The van der Waals surface area contributed by atoms with Crippen molar-refractivity contribution in [2.45, 2.75) is 19.9 Å². The molecule has 3 rings (SSSR count). The highest BCUT2D eigenvalue weighted by Crippen LogP contribution is 2.25. The molecule has 0 saturated carbocycles. The van der Waals surface area contributed by atoms with Crippen molar-refractivity contribution in [3.05, 3.63) is 47.1 Å². The molecule has 112 valence electrons. The van der Waals surface area contributed by atoms with E-state index in [-0.39, 0.29) is 6.42 Å². The topological polar surface area (TPSA) is 68.0 Å². The number of rotatable bonds is 4. The van der Waals surface area contributed by atoms with Gasteiger partial charge in [-0.25, -0.2) is 9.97 Å². The van der Waals surface area contributed by atoms with Crippen LogP contribution < -0.4 is 0 Å². The minimum atomic E-state index is -0.851. The zero-order chi connectivity index (χ0) is 15.7. The summed E-state index contributed by atoms with van der Waals surface area (Å²) in [5.74, 6) is -0.151. The molecule has 0 atom stereocenters. The number of aromatic nitrogens is 3. The summed E-state index contributed by atoms with van der Waals surface area (Å²) < 4.78 is 1.84. The van der Waals surface area contributed by atoms with E-state index in [0.29, 0.717) is 23.0 Å². The largest absolute Gasteiger partial charge is 0.481 e. The lowest BCUT2D eigenvalue weighted by Crippen LogP contribution is -2.06. The predicted molar refractivity (Wildman–Crippen MR) is 85.0 cm³/mol. The molecule has 0 fully saturated rings. The Morgan fingerprint density at radius 3 is 2.73 bits per heavy atom. The lowest BCUT2D eigenvalue weighted by Gasteiger charge is -2.07. The number of pyridine rings is 1. The number of aliphatic carboxylic acids is 1. The summed E-state index contributed by atoms with van der Waals surface area (Å²) >= 11 is 5.92. The van der Waals surface area contributed by atoms with Gasteiger partial charge in [0, 0.05) is 23.3 Å². The number of carbonyl (C=O) groups is 1. The summed E-state index contributed by atoms with van der Waals surface area (Å²) in [5, 5.41) is 9.60. The second-order valence-corrected chi connectivity index (χ2v) is 5.53. The van der Waals surface area contributed by atoms with E-state index in [9.17, 15) is 4.79 Å². The average molecular weight is 316 g/mol. The van der Waals surface area contributed by atoms with Crippen molar-refractivity contribution >= 4 is 28.7 Å². The molecular weight excluding hydrogens is 302 g/mol. The Balaban J connectivity index is 2.16. The molecule has 0 aliphatic rings. The van der Waals surface area contributed by atoms with Crippen LogP contribution in [0.3, 0.4) is 0 Å². The van der Waals surface area contributed by atoms with Gasteiger partial charge in [0.15, 0.2) is 5.65 Å². The number of benzene rings is 1. The van der Waals surface area contributed by atoms with E-state index < -0.39 is 5.97 Å². The van der Waals surface area contributed by atoms with Gasteiger partial charge in [0.25, 0.3) is 0 Å². The van der Waals surface area contributed by atoms with E-state index in [1.54, 1.807) is 18.3 Å². The standard InChI is InChI=1S/C16H14ClN3O2/c1-10-8-13-16(18-9-10)20(7-6-14(21)22)15(19-13)11-2-4-12(17)5-3-11/h2-5,8-9H,6-7H2,1H3,(H,21,22). The molecule has 22 heavy (non-hydrogen) atoms. The lowest BCUT2D eigenvalue weighted by molar-refractivity contribution is -0.137. The molecule has 0 bridgehead atoms. The highest BCUT2D eigenvalue weighted by Gasteiger charge is 2.14. The zero-order valence-corrected chi connectivity index (χ0v) is 12.7. The first-order chi connectivity index (χ1) is 10.5. The molecule has 2 aromatic heterocycles. The number of carboxylic acid groups (broad SMARTS) is 1. The molecule has 1 N–H and O–H groups in total. The molecule has 0 aliphatic heterocycles. The van der Waals surface area contributed by atoms with Crippen LogP contribution in [0, 0.1) is 6.92 Å². The third-order valence-corrected chi connectivity index (χ3v) is 3.63. The van der Waals surface area contributed by atoms with Gasteiger partial charge in [-0.05, 0) is 42.8 Å². The van der Waals surface area contributed by atoms with Crippen molar-refractivity contribution in [3.8, 4) is 11.4 Å². The maximum atomic E-state index is 10.9. The molecular formula is C16H14ClN3O2. The van der Waals surface area contributed by atoms with Crippen LogP contribution >= 0.6 is 11.6 Å². The van der Waals surface area contributed by atoms with Gasteiger partial charge in [0.1, 0.15) is 11.3 Å². The Hall–Kier alpha value is -2.40. The number of hydrogen-bond acceptors (Lipinski definition) is 3. The fraction of sp³-hybridized carbons (Fsp3) is 0.188. The Labute approximate surface area is 132 Å².